The Hall–Kier alpha value is -1.48. The predicted octanol–water partition coefficient (Wildman–Crippen LogP) is 0.389. The molecule has 134 valence electrons. The topological polar surface area (TPSA) is 78.9 Å². The van der Waals surface area contributed by atoms with Crippen LogP contribution in [0, 0.1) is 0 Å². The fourth-order valence-electron chi connectivity index (χ4n) is 2.48. The minimum absolute atomic E-state index is 0.0555. The molecule has 0 spiro atoms. The maximum atomic E-state index is 12.4. The molecule has 1 aromatic rings. The maximum Gasteiger partial charge on any atom is 0.253 e. The Bertz CT molecular complexity index is 638. The standard InChI is InChI=1S/C16H25N3O4S/c1-18-9-11-19(12-10-18)16(20)14-4-6-15(7-5-14)24(21,22)17-8-3-13-23-2/h4-7,17H,3,8-13H2,1-2H3. The van der Waals surface area contributed by atoms with E-state index in [1.165, 1.54) is 12.1 Å². The molecule has 1 fully saturated rings. The zero-order valence-electron chi connectivity index (χ0n) is 14.2. The molecule has 1 saturated heterocycles. The first-order valence-corrected chi connectivity index (χ1v) is 9.49. The van der Waals surface area contributed by atoms with Gasteiger partial charge in [0.1, 0.15) is 0 Å². The number of hydrogen-bond acceptors (Lipinski definition) is 5. The molecule has 0 aromatic heterocycles. The van der Waals surface area contributed by atoms with E-state index in [4.69, 9.17) is 4.74 Å². The lowest BCUT2D eigenvalue weighted by atomic mass is 10.2. The lowest BCUT2D eigenvalue weighted by molar-refractivity contribution is 0.0664. The van der Waals surface area contributed by atoms with Gasteiger partial charge >= 0.3 is 0 Å². The molecule has 7 nitrogen and oxygen atoms in total. The third-order valence-corrected chi connectivity index (χ3v) is 5.50. The lowest BCUT2D eigenvalue weighted by Crippen LogP contribution is -2.47. The number of nitrogens with one attached hydrogen (secondary N) is 1. The van der Waals surface area contributed by atoms with E-state index in [2.05, 4.69) is 9.62 Å². The van der Waals surface area contributed by atoms with Crippen molar-refractivity contribution in [1.29, 1.82) is 0 Å². The molecule has 1 aliphatic rings. The molecule has 1 aromatic carbocycles. The molecule has 24 heavy (non-hydrogen) atoms. The number of benzene rings is 1. The minimum Gasteiger partial charge on any atom is -0.385 e. The average molecular weight is 355 g/mol. The molecule has 2 rings (SSSR count). The van der Waals surface area contributed by atoms with Gasteiger partial charge in [0, 0.05) is 52.0 Å². The molecule has 0 radical (unpaired) electrons. The van der Waals surface area contributed by atoms with Crippen LogP contribution in [-0.4, -0.2) is 77.6 Å². The van der Waals surface area contributed by atoms with Crippen LogP contribution in [0.15, 0.2) is 29.2 Å². The van der Waals surface area contributed by atoms with E-state index in [0.29, 0.717) is 38.2 Å². The molecule has 1 N–H and O–H groups in total. The van der Waals surface area contributed by atoms with E-state index in [9.17, 15) is 13.2 Å². The van der Waals surface area contributed by atoms with Crippen LogP contribution >= 0.6 is 0 Å². The van der Waals surface area contributed by atoms with E-state index < -0.39 is 10.0 Å². The van der Waals surface area contributed by atoms with Crippen LogP contribution in [0.2, 0.25) is 0 Å². The van der Waals surface area contributed by atoms with Crippen LogP contribution in [0.1, 0.15) is 16.8 Å². The number of piperazine rings is 1. The highest BCUT2D eigenvalue weighted by atomic mass is 32.2. The Morgan fingerprint density at radius 2 is 1.79 bits per heavy atom. The van der Waals surface area contributed by atoms with Crippen LogP contribution < -0.4 is 4.72 Å². The summed E-state index contributed by atoms with van der Waals surface area (Å²) in [6.45, 7) is 3.90. The average Bonchev–Trinajstić information content (AvgIpc) is 2.59. The molecule has 0 aliphatic carbocycles. The van der Waals surface area contributed by atoms with E-state index in [1.54, 1.807) is 24.1 Å². The molecule has 0 saturated carbocycles. The molecule has 0 unspecified atom stereocenters. The van der Waals surface area contributed by atoms with Gasteiger partial charge < -0.3 is 14.5 Å². The van der Waals surface area contributed by atoms with Gasteiger partial charge in [0.25, 0.3) is 5.91 Å². The van der Waals surface area contributed by atoms with Gasteiger partial charge in [-0.2, -0.15) is 0 Å². The molecule has 1 heterocycles. The number of nitrogens with zero attached hydrogens (tertiary/aromatic N) is 2. The summed E-state index contributed by atoms with van der Waals surface area (Å²) in [6, 6.07) is 6.10. The Balaban J connectivity index is 1.98. The Morgan fingerprint density at radius 1 is 1.17 bits per heavy atom. The highest BCUT2D eigenvalue weighted by Gasteiger charge is 2.21. The number of rotatable bonds is 7. The van der Waals surface area contributed by atoms with Crippen LogP contribution in [0.25, 0.3) is 0 Å². The van der Waals surface area contributed by atoms with E-state index in [0.717, 1.165) is 13.1 Å². The zero-order valence-corrected chi connectivity index (χ0v) is 15.0. The molecular formula is C16H25N3O4S. The monoisotopic (exact) mass is 355 g/mol. The molecule has 1 amide bonds. The highest BCUT2D eigenvalue weighted by molar-refractivity contribution is 7.89. The van der Waals surface area contributed by atoms with Crippen LogP contribution in [0.5, 0.6) is 0 Å². The Kier molecular flexibility index (Phi) is 6.73. The number of likely N-dealkylation sites (N-methyl/N-ethyl adjacent to an activating group) is 1. The largest absolute Gasteiger partial charge is 0.385 e. The fraction of sp³-hybridized carbons (Fsp3) is 0.562. The second-order valence-corrected chi connectivity index (χ2v) is 7.63. The van der Waals surface area contributed by atoms with Crippen molar-refractivity contribution in [3.05, 3.63) is 29.8 Å². The summed E-state index contributed by atoms with van der Waals surface area (Å²) in [5, 5.41) is 0. The van der Waals surface area contributed by atoms with Crippen LogP contribution in [0.4, 0.5) is 0 Å². The predicted molar refractivity (Wildman–Crippen MR) is 91.5 cm³/mol. The van der Waals surface area contributed by atoms with E-state index in [-0.39, 0.29) is 10.8 Å². The first kappa shape index (κ1) is 18.9. The summed E-state index contributed by atoms with van der Waals surface area (Å²) in [6.07, 6.45) is 0.607. The maximum absolute atomic E-state index is 12.4. The van der Waals surface area contributed by atoms with Crippen molar-refractivity contribution in [3.8, 4) is 0 Å². The number of hydrogen-bond donors (Lipinski definition) is 1. The first-order valence-electron chi connectivity index (χ1n) is 8.00. The number of methoxy groups -OCH3 is 1. The smallest absolute Gasteiger partial charge is 0.253 e. The van der Waals surface area contributed by atoms with Crippen molar-refractivity contribution >= 4 is 15.9 Å². The second-order valence-electron chi connectivity index (χ2n) is 5.86. The number of carbonyl (C=O) groups is 1. The summed E-state index contributed by atoms with van der Waals surface area (Å²) < 4.78 is 31.7. The number of ether oxygens (including phenoxy) is 1. The van der Waals surface area contributed by atoms with Gasteiger partial charge in [0.05, 0.1) is 4.90 Å². The van der Waals surface area contributed by atoms with Crippen molar-refractivity contribution in [3.63, 3.8) is 0 Å². The number of sulfonamides is 1. The normalized spacial score (nSPS) is 16.3. The van der Waals surface area contributed by atoms with E-state index >= 15 is 0 Å². The van der Waals surface area contributed by atoms with Crippen molar-refractivity contribution < 1.29 is 17.9 Å². The first-order chi connectivity index (χ1) is 11.4. The van der Waals surface area contributed by atoms with Crippen LogP contribution in [0.3, 0.4) is 0 Å². The third kappa shape index (κ3) is 5.01. The fourth-order valence-corrected chi connectivity index (χ4v) is 3.55. The summed E-state index contributed by atoms with van der Waals surface area (Å²) in [5.41, 5.74) is 0.512. The molecule has 8 heteroatoms. The SMILES string of the molecule is COCCCNS(=O)(=O)c1ccc(C(=O)N2CCN(C)CC2)cc1. The van der Waals surface area contributed by atoms with Gasteiger partial charge in [-0.15, -0.1) is 0 Å². The lowest BCUT2D eigenvalue weighted by Gasteiger charge is -2.32. The van der Waals surface area contributed by atoms with Gasteiger partial charge in [0.15, 0.2) is 0 Å². The summed E-state index contributed by atoms with van der Waals surface area (Å²) in [7, 11) is 0.0504. The van der Waals surface area contributed by atoms with Gasteiger partial charge in [-0.05, 0) is 37.7 Å². The van der Waals surface area contributed by atoms with Gasteiger partial charge in [-0.1, -0.05) is 0 Å². The molecule has 0 atom stereocenters. The van der Waals surface area contributed by atoms with Gasteiger partial charge in [-0.25, -0.2) is 13.1 Å². The number of amides is 1. The van der Waals surface area contributed by atoms with Gasteiger partial charge in [-0.3, -0.25) is 4.79 Å². The van der Waals surface area contributed by atoms with Crippen molar-refractivity contribution in [2.75, 3.05) is 53.5 Å². The summed E-state index contributed by atoms with van der Waals surface area (Å²) in [4.78, 5) is 16.6. The Labute approximate surface area is 143 Å². The Morgan fingerprint density at radius 3 is 2.38 bits per heavy atom. The number of carbonyl (C=O) groups excluding carboxylic acids is 1. The highest BCUT2D eigenvalue weighted by Crippen LogP contribution is 2.13. The molecular weight excluding hydrogens is 330 g/mol. The molecule has 1 aliphatic heterocycles. The van der Waals surface area contributed by atoms with Crippen molar-refractivity contribution in [2.24, 2.45) is 0 Å². The molecule has 0 bridgehead atoms. The van der Waals surface area contributed by atoms with Crippen molar-refractivity contribution in [1.82, 2.24) is 14.5 Å². The third-order valence-electron chi connectivity index (χ3n) is 4.02. The summed E-state index contributed by atoms with van der Waals surface area (Å²) in [5.74, 6) is -0.0555. The zero-order chi connectivity index (χ0) is 17.6. The van der Waals surface area contributed by atoms with Gasteiger partial charge in [0.2, 0.25) is 10.0 Å². The summed E-state index contributed by atoms with van der Waals surface area (Å²) >= 11 is 0. The minimum atomic E-state index is -3.55. The van der Waals surface area contributed by atoms with Crippen LogP contribution in [-0.2, 0) is 14.8 Å². The van der Waals surface area contributed by atoms with E-state index in [1.807, 2.05) is 7.05 Å². The van der Waals surface area contributed by atoms with Crippen molar-refractivity contribution in [2.45, 2.75) is 11.3 Å². The quantitative estimate of drug-likeness (QED) is 0.716. The second kappa shape index (κ2) is 8.57.